The highest BCUT2D eigenvalue weighted by Crippen LogP contribution is 2.54. The van der Waals surface area contributed by atoms with Crippen molar-refractivity contribution in [3.63, 3.8) is 0 Å². The predicted molar refractivity (Wildman–Crippen MR) is 174 cm³/mol. The molecule has 1 aromatic heterocycles. The van der Waals surface area contributed by atoms with Crippen LogP contribution in [-0.4, -0.2) is 0 Å². The molecular formula is C40H27NO. The summed E-state index contributed by atoms with van der Waals surface area (Å²) in [6.07, 6.45) is 10.3. The van der Waals surface area contributed by atoms with Gasteiger partial charge in [0.15, 0.2) is 0 Å². The minimum absolute atomic E-state index is 0.946. The van der Waals surface area contributed by atoms with Crippen molar-refractivity contribution in [1.82, 2.24) is 0 Å². The van der Waals surface area contributed by atoms with Crippen LogP contribution in [0.1, 0.15) is 26.2 Å². The van der Waals surface area contributed by atoms with Crippen LogP contribution in [-0.2, 0) is 0 Å². The SMILES string of the molecule is CCC1=C2C=C2C2=C(C=CCC2)N1c1ccc(-c2cccc3c2-c2cccc4c2c-3cc2c3ccccc3oc42)cc1. The number of rotatable bonds is 3. The van der Waals surface area contributed by atoms with Crippen molar-refractivity contribution in [2.45, 2.75) is 26.2 Å². The third-order valence-corrected chi connectivity index (χ3v) is 9.68. The molecule has 0 N–H and O–H groups in total. The fourth-order valence-electron chi connectivity index (χ4n) is 7.81. The van der Waals surface area contributed by atoms with Gasteiger partial charge in [-0.15, -0.1) is 0 Å². The maximum atomic E-state index is 6.43. The molecule has 2 heterocycles. The first kappa shape index (κ1) is 22.6. The molecule has 5 aromatic carbocycles. The molecule has 6 aromatic rings. The van der Waals surface area contributed by atoms with E-state index in [2.05, 4.69) is 115 Å². The predicted octanol–water partition coefficient (Wildman–Crippen LogP) is 11.1. The molecule has 0 saturated carbocycles. The van der Waals surface area contributed by atoms with E-state index in [1.807, 2.05) is 6.07 Å². The van der Waals surface area contributed by atoms with Gasteiger partial charge in [-0.1, -0.05) is 79.7 Å². The van der Waals surface area contributed by atoms with Crippen LogP contribution in [0.15, 0.2) is 142 Å². The Kier molecular flexibility index (Phi) is 4.31. The number of hydrogen-bond acceptors (Lipinski definition) is 2. The molecule has 42 heavy (non-hydrogen) atoms. The molecule has 0 radical (unpaired) electrons. The lowest BCUT2D eigenvalue weighted by Crippen LogP contribution is -2.26. The number of benzene rings is 5. The summed E-state index contributed by atoms with van der Waals surface area (Å²) in [7, 11) is 0. The topological polar surface area (TPSA) is 16.4 Å². The van der Waals surface area contributed by atoms with Crippen LogP contribution in [0.3, 0.4) is 0 Å². The Labute approximate surface area is 244 Å². The number of hydrogen-bond donors (Lipinski definition) is 0. The highest BCUT2D eigenvalue weighted by Gasteiger charge is 2.36. The van der Waals surface area contributed by atoms with Crippen molar-refractivity contribution in [3.8, 4) is 33.4 Å². The van der Waals surface area contributed by atoms with Crippen LogP contribution in [0.25, 0.3) is 66.1 Å². The van der Waals surface area contributed by atoms with Crippen LogP contribution < -0.4 is 4.90 Å². The zero-order valence-electron chi connectivity index (χ0n) is 23.4. The van der Waals surface area contributed by atoms with E-state index in [9.17, 15) is 0 Å². The number of fused-ring (bicyclic) bond motifs is 9. The highest BCUT2D eigenvalue weighted by atomic mass is 16.3. The number of anilines is 1. The normalized spacial score (nSPS) is 16.4. The van der Waals surface area contributed by atoms with Crippen molar-refractivity contribution in [3.05, 3.63) is 137 Å². The van der Waals surface area contributed by atoms with E-state index < -0.39 is 0 Å². The quantitative estimate of drug-likeness (QED) is 0.223. The van der Waals surface area contributed by atoms with Gasteiger partial charge in [-0.05, 0) is 100 Å². The summed E-state index contributed by atoms with van der Waals surface area (Å²) in [5, 5.41) is 4.85. The zero-order valence-corrected chi connectivity index (χ0v) is 23.4. The van der Waals surface area contributed by atoms with Gasteiger partial charge in [-0.25, -0.2) is 0 Å². The van der Waals surface area contributed by atoms with Gasteiger partial charge in [-0.2, -0.15) is 0 Å². The molecule has 0 saturated heterocycles. The van der Waals surface area contributed by atoms with Crippen molar-refractivity contribution >= 4 is 38.4 Å². The summed E-state index contributed by atoms with van der Waals surface area (Å²) in [5.74, 6) is 0. The monoisotopic (exact) mass is 537 g/mol. The second-order valence-electron chi connectivity index (χ2n) is 11.8. The summed E-state index contributed by atoms with van der Waals surface area (Å²) < 4.78 is 6.43. The lowest BCUT2D eigenvalue weighted by Gasteiger charge is -2.34. The fraction of sp³-hybridized carbons (Fsp3) is 0.100. The van der Waals surface area contributed by atoms with Gasteiger partial charge in [0, 0.05) is 44.2 Å². The Morgan fingerprint density at radius 3 is 2.48 bits per heavy atom. The maximum absolute atomic E-state index is 6.43. The lowest BCUT2D eigenvalue weighted by atomic mass is 9.92. The van der Waals surface area contributed by atoms with E-state index in [-0.39, 0.29) is 0 Å². The Bertz CT molecular complexity index is 2320. The van der Waals surface area contributed by atoms with Gasteiger partial charge in [-0.3, -0.25) is 0 Å². The number of furan rings is 1. The van der Waals surface area contributed by atoms with Gasteiger partial charge in [0.25, 0.3) is 0 Å². The van der Waals surface area contributed by atoms with Crippen molar-refractivity contribution in [2.75, 3.05) is 4.90 Å². The van der Waals surface area contributed by atoms with Gasteiger partial charge in [0.1, 0.15) is 11.2 Å². The first-order valence-electron chi connectivity index (χ1n) is 15.1. The molecule has 0 fully saturated rings. The summed E-state index contributed by atoms with van der Waals surface area (Å²) in [4.78, 5) is 2.50. The van der Waals surface area contributed by atoms with Crippen LogP contribution in [0.4, 0.5) is 5.69 Å². The fourth-order valence-corrected chi connectivity index (χ4v) is 7.81. The van der Waals surface area contributed by atoms with E-state index in [1.165, 1.54) is 88.7 Å². The molecule has 4 aliphatic rings. The molecule has 0 unspecified atom stereocenters. The van der Waals surface area contributed by atoms with E-state index in [0.717, 1.165) is 30.4 Å². The maximum Gasteiger partial charge on any atom is 0.143 e. The summed E-state index contributed by atoms with van der Waals surface area (Å²) >= 11 is 0. The highest BCUT2D eigenvalue weighted by molar-refractivity contribution is 6.27. The Morgan fingerprint density at radius 2 is 1.57 bits per heavy atom. The van der Waals surface area contributed by atoms with E-state index in [4.69, 9.17) is 4.42 Å². The third-order valence-electron chi connectivity index (χ3n) is 9.68. The van der Waals surface area contributed by atoms with Crippen molar-refractivity contribution in [2.24, 2.45) is 0 Å². The molecule has 2 heteroatoms. The second kappa shape index (κ2) is 8.02. The van der Waals surface area contributed by atoms with Gasteiger partial charge < -0.3 is 9.32 Å². The zero-order chi connectivity index (χ0) is 27.5. The molecular weight excluding hydrogens is 510 g/mol. The molecule has 0 spiro atoms. The number of allylic oxidation sites excluding steroid dienone is 7. The Balaban J connectivity index is 1.13. The molecule has 0 atom stereocenters. The largest absolute Gasteiger partial charge is 0.455 e. The molecule has 2 nitrogen and oxygen atoms in total. The Morgan fingerprint density at radius 1 is 0.762 bits per heavy atom. The molecule has 198 valence electrons. The van der Waals surface area contributed by atoms with Gasteiger partial charge in [0.2, 0.25) is 0 Å². The first-order valence-corrected chi connectivity index (χ1v) is 15.1. The smallest absolute Gasteiger partial charge is 0.143 e. The minimum atomic E-state index is 0.946. The van der Waals surface area contributed by atoms with Crippen LogP contribution in [0.5, 0.6) is 0 Å². The average molecular weight is 538 g/mol. The van der Waals surface area contributed by atoms with Crippen LogP contribution in [0.2, 0.25) is 0 Å². The molecule has 10 rings (SSSR count). The van der Waals surface area contributed by atoms with Crippen LogP contribution in [0, 0.1) is 0 Å². The average Bonchev–Trinajstić information content (AvgIpc) is 3.67. The molecule has 1 aliphatic heterocycles. The third kappa shape index (κ3) is 2.84. The van der Waals surface area contributed by atoms with Crippen molar-refractivity contribution in [1.29, 1.82) is 0 Å². The summed E-state index contributed by atoms with van der Waals surface area (Å²) in [6.45, 7) is 2.27. The standard InChI is InChI=1S/C40H27NO/c1-2-35-32-21-31(32)26-9-3-5-15-36(26)41(35)24-19-17-23(18-20-24)25-11-7-12-28-33-22-34-27-10-4-6-16-37(27)42-40(34)30-14-8-13-29(38(25)28)39(30)33/h4-8,10-22H,2-3,9H2,1H3. The van der Waals surface area contributed by atoms with E-state index in [1.54, 1.807) is 0 Å². The molecule has 0 bridgehead atoms. The Hall–Kier alpha value is -5.08. The molecule has 3 aliphatic carbocycles. The first-order chi connectivity index (χ1) is 20.8. The summed E-state index contributed by atoms with van der Waals surface area (Å²) in [5.41, 5.74) is 18.2. The lowest BCUT2D eigenvalue weighted by molar-refractivity contribution is 0.672. The number of para-hydroxylation sites is 1. The van der Waals surface area contributed by atoms with Gasteiger partial charge in [0.05, 0.1) is 0 Å². The minimum Gasteiger partial charge on any atom is -0.455 e. The second-order valence-corrected chi connectivity index (χ2v) is 11.8. The number of nitrogens with zero attached hydrogens (tertiary/aromatic N) is 1. The van der Waals surface area contributed by atoms with E-state index in [0.29, 0.717) is 0 Å². The molecule has 0 amide bonds. The summed E-state index contributed by atoms with van der Waals surface area (Å²) in [6, 6.07) is 33.4. The van der Waals surface area contributed by atoms with Crippen molar-refractivity contribution < 1.29 is 4.42 Å². The van der Waals surface area contributed by atoms with E-state index >= 15 is 0 Å². The van der Waals surface area contributed by atoms with Gasteiger partial charge >= 0.3 is 0 Å². The van der Waals surface area contributed by atoms with Crippen LogP contribution >= 0.6 is 0 Å².